The average Bonchev–Trinajstić information content (AvgIpc) is 3.06. The summed E-state index contributed by atoms with van der Waals surface area (Å²) < 4.78 is 0. The van der Waals surface area contributed by atoms with E-state index in [1.54, 1.807) is 0 Å². The van der Waals surface area contributed by atoms with Crippen LogP contribution in [0.4, 0.5) is 11.4 Å². The zero-order valence-corrected chi connectivity index (χ0v) is 18.3. The Kier molecular flexibility index (Phi) is 3.84. The van der Waals surface area contributed by atoms with Crippen molar-refractivity contribution in [3.05, 3.63) is 84.9 Å². The molecule has 4 aromatic rings. The normalized spacial score (nSPS) is 20.8. The van der Waals surface area contributed by atoms with Crippen LogP contribution in [0.3, 0.4) is 0 Å². The summed E-state index contributed by atoms with van der Waals surface area (Å²) in [7, 11) is -0.605. The molecule has 0 aliphatic carbocycles. The van der Waals surface area contributed by atoms with Gasteiger partial charge in [-0.3, -0.25) is 0 Å². The van der Waals surface area contributed by atoms with Gasteiger partial charge in [-0.25, -0.2) is 10.9 Å². The first-order chi connectivity index (χ1) is 14.2. The first-order valence-electron chi connectivity index (χ1n) is 9.92. The highest BCUT2D eigenvalue weighted by molar-refractivity contribution is 8.17. The summed E-state index contributed by atoms with van der Waals surface area (Å²) in [6, 6.07) is 31.6. The maximum Gasteiger partial charge on any atom is 0.0508 e. The minimum Gasteiger partial charge on any atom is -0.354 e. The SMILES string of the molecule is C[SH]1c2ccccc2Nc2ccc(-c3ccc4c(c3)[SH](C)c3ccccc3-4)cc21. The predicted molar refractivity (Wildman–Crippen MR) is 130 cm³/mol. The Morgan fingerprint density at radius 2 is 1.10 bits per heavy atom. The maximum absolute atomic E-state index is 3.63. The lowest BCUT2D eigenvalue weighted by molar-refractivity contribution is 1.30. The molecule has 1 nitrogen and oxygen atoms in total. The molecule has 2 aliphatic heterocycles. The van der Waals surface area contributed by atoms with E-state index in [2.05, 4.69) is 103 Å². The van der Waals surface area contributed by atoms with E-state index in [4.69, 9.17) is 0 Å². The van der Waals surface area contributed by atoms with Gasteiger partial charge in [-0.05, 0) is 81.0 Å². The van der Waals surface area contributed by atoms with Gasteiger partial charge >= 0.3 is 0 Å². The van der Waals surface area contributed by atoms with Crippen LogP contribution in [0.15, 0.2) is 105 Å². The molecule has 0 spiro atoms. The van der Waals surface area contributed by atoms with E-state index in [9.17, 15) is 0 Å². The fourth-order valence-corrected chi connectivity index (χ4v) is 8.48. The van der Waals surface area contributed by atoms with E-state index in [0.717, 1.165) is 0 Å². The Morgan fingerprint density at radius 1 is 0.517 bits per heavy atom. The van der Waals surface area contributed by atoms with Gasteiger partial charge in [0.2, 0.25) is 0 Å². The number of anilines is 2. The number of hydrogen-bond donors (Lipinski definition) is 3. The van der Waals surface area contributed by atoms with Crippen molar-refractivity contribution in [1.29, 1.82) is 0 Å². The number of fused-ring (bicyclic) bond motifs is 5. The van der Waals surface area contributed by atoms with Gasteiger partial charge in [0.05, 0.1) is 11.4 Å². The van der Waals surface area contributed by atoms with E-state index in [1.165, 1.54) is 53.2 Å². The lowest BCUT2D eigenvalue weighted by atomic mass is 10.00. The number of benzene rings is 4. The standard InChI is InChI=1S/C26H23NS2/c1-28-23-9-5-3-7-19(23)20-13-11-17(15-25(20)28)18-12-14-22-26(16-18)29(2)24-10-6-4-8-21(24)27-22/h3-16,27-29H,1-2H3. The molecule has 2 aliphatic rings. The van der Waals surface area contributed by atoms with E-state index >= 15 is 0 Å². The lowest BCUT2D eigenvalue weighted by Crippen LogP contribution is -2.03. The monoisotopic (exact) mass is 413 g/mol. The Hall–Kier alpha value is -2.62. The lowest BCUT2D eigenvalue weighted by Gasteiger charge is -2.30. The molecule has 6 rings (SSSR count). The quantitative estimate of drug-likeness (QED) is 0.275. The van der Waals surface area contributed by atoms with Crippen LogP contribution in [0, 0.1) is 0 Å². The van der Waals surface area contributed by atoms with Crippen LogP contribution in [0.1, 0.15) is 0 Å². The zero-order valence-electron chi connectivity index (χ0n) is 16.5. The van der Waals surface area contributed by atoms with Gasteiger partial charge in [-0.1, -0.05) is 48.5 Å². The molecule has 29 heavy (non-hydrogen) atoms. The number of para-hydroxylation sites is 1. The first kappa shape index (κ1) is 17.3. The summed E-state index contributed by atoms with van der Waals surface area (Å²) in [6.07, 6.45) is 4.77. The van der Waals surface area contributed by atoms with Crippen molar-refractivity contribution in [3.63, 3.8) is 0 Å². The molecule has 4 aromatic carbocycles. The second-order valence-electron chi connectivity index (χ2n) is 7.74. The summed E-state index contributed by atoms with van der Waals surface area (Å²) in [4.78, 5) is 5.91. The van der Waals surface area contributed by atoms with Crippen LogP contribution in [0.25, 0.3) is 22.3 Å². The van der Waals surface area contributed by atoms with E-state index in [0.29, 0.717) is 0 Å². The zero-order chi connectivity index (χ0) is 19.5. The van der Waals surface area contributed by atoms with Crippen molar-refractivity contribution in [2.75, 3.05) is 17.8 Å². The molecule has 0 radical (unpaired) electrons. The van der Waals surface area contributed by atoms with Gasteiger partial charge in [0.15, 0.2) is 0 Å². The molecule has 0 saturated carbocycles. The molecule has 144 valence electrons. The Bertz CT molecular complexity index is 1280. The number of thiol groups is 2. The summed E-state index contributed by atoms with van der Waals surface area (Å²) in [5, 5.41) is 3.63. The molecule has 0 aromatic heterocycles. The van der Waals surface area contributed by atoms with E-state index in [-0.39, 0.29) is 21.8 Å². The molecule has 0 bridgehead atoms. The maximum atomic E-state index is 3.63. The molecule has 0 saturated heterocycles. The summed E-state index contributed by atoms with van der Waals surface area (Å²) in [5.74, 6) is 0. The van der Waals surface area contributed by atoms with Crippen molar-refractivity contribution in [3.8, 4) is 22.3 Å². The van der Waals surface area contributed by atoms with E-state index in [1.807, 2.05) is 0 Å². The molecule has 2 heterocycles. The summed E-state index contributed by atoms with van der Waals surface area (Å²) in [6.45, 7) is 0. The molecule has 0 amide bonds. The van der Waals surface area contributed by atoms with Crippen molar-refractivity contribution < 1.29 is 0 Å². The molecular formula is C26H23NS2. The fourth-order valence-electron chi connectivity index (χ4n) is 4.58. The predicted octanol–water partition coefficient (Wildman–Crippen LogP) is 7.49. The summed E-state index contributed by atoms with van der Waals surface area (Å²) in [5.41, 5.74) is 8.01. The summed E-state index contributed by atoms with van der Waals surface area (Å²) >= 11 is 0. The highest BCUT2D eigenvalue weighted by Crippen LogP contribution is 2.57. The topological polar surface area (TPSA) is 12.0 Å². The highest BCUT2D eigenvalue weighted by Gasteiger charge is 2.24. The Labute approximate surface area is 177 Å². The molecule has 1 N–H and O–H groups in total. The third kappa shape index (κ3) is 2.58. The van der Waals surface area contributed by atoms with Gasteiger partial charge in [0.25, 0.3) is 0 Å². The van der Waals surface area contributed by atoms with Gasteiger partial charge in [0.1, 0.15) is 0 Å². The van der Waals surface area contributed by atoms with Gasteiger partial charge in [-0.2, -0.15) is 10.9 Å². The smallest absolute Gasteiger partial charge is 0.0508 e. The van der Waals surface area contributed by atoms with Gasteiger partial charge in [-0.15, -0.1) is 0 Å². The van der Waals surface area contributed by atoms with E-state index < -0.39 is 0 Å². The van der Waals surface area contributed by atoms with Gasteiger partial charge < -0.3 is 5.32 Å². The molecule has 0 fully saturated rings. The molecule has 2 atom stereocenters. The van der Waals surface area contributed by atoms with Crippen molar-refractivity contribution in [1.82, 2.24) is 0 Å². The van der Waals surface area contributed by atoms with Crippen molar-refractivity contribution in [2.24, 2.45) is 0 Å². The van der Waals surface area contributed by atoms with Crippen molar-refractivity contribution >= 4 is 33.2 Å². The van der Waals surface area contributed by atoms with Crippen LogP contribution in [-0.4, -0.2) is 12.5 Å². The third-order valence-corrected chi connectivity index (χ3v) is 10.6. The van der Waals surface area contributed by atoms with Crippen LogP contribution < -0.4 is 5.32 Å². The average molecular weight is 414 g/mol. The van der Waals surface area contributed by atoms with Crippen LogP contribution in [0.2, 0.25) is 0 Å². The van der Waals surface area contributed by atoms with Crippen LogP contribution >= 0.6 is 21.8 Å². The van der Waals surface area contributed by atoms with Crippen LogP contribution in [0.5, 0.6) is 0 Å². The van der Waals surface area contributed by atoms with Crippen LogP contribution in [-0.2, 0) is 0 Å². The number of rotatable bonds is 1. The third-order valence-electron chi connectivity index (χ3n) is 6.14. The highest BCUT2D eigenvalue weighted by atomic mass is 32.2. The van der Waals surface area contributed by atoms with Gasteiger partial charge in [0, 0.05) is 9.79 Å². The Morgan fingerprint density at radius 3 is 1.97 bits per heavy atom. The number of nitrogens with one attached hydrogen (secondary N) is 1. The number of hydrogen-bond acceptors (Lipinski definition) is 1. The minimum absolute atomic E-state index is 0.265. The second-order valence-corrected chi connectivity index (χ2v) is 11.9. The fraction of sp³-hybridized carbons (Fsp3) is 0.0769. The minimum atomic E-state index is -0.340. The first-order valence-corrected chi connectivity index (χ1v) is 13.5. The second kappa shape index (κ2) is 6.45. The largest absolute Gasteiger partial charge is 0.354 e. The Balaban J connectivity index is 1.43. The molecule has 2 unspecified atom stereocenters. The molecular weight excluding hydrogens is 390 g/mol. The van der Waals surface area contributed by atoms with Crippen molar-refractivity contribution in [2.45, 2.75) is 19.6 Å². The molecule has 3 heteroatoms.